The predicted octanol–water partition coefficient (Wildman–Crippen LogP) is 0.430. The minimum atomic E-state index is 0.662. The van der Waals surface area contributed by atoms with E-state index in [0.717, 1.165) is 18.8 Å². The van der Waals surface area contributed by atoms with Crippen LogP contribution in [0.25, 0.3) is 0 Å². The van der Waals surface area contributed by atoms with Crippen molar-refractivity contribution in [2.24, 2.45) is 7.05 Å². The molecule has 1 aromatic rings. The van der Waals surface area contributed by atoms with Crippen molar-refractivity contribution in [3.63, 3.8) is 0 Å². The highest BCUT2D eigenvalue weighted by Crippen LogP contribution is 2.14. The third kappa shape index (κ3) is 3.26. The van der Waals surface area contributed by atoms with Gasteiger partial charge in [0.1, 0.15) is 12.2 Å². The van der Waals surface area contributed by atoms with Crippen molar-refractivity contribution >= 4 is 0 Å². The molecule has 0 spiro atoms. The molecule has 0 radical (unpaired) electrons. The third-order valence-electron chi connectivity index (χ3n) is 3.80. The Kier molecular flexibility index (Phi) is 4.12. The molecule has 0 saturated carbocycles. The van der Waals surface area contributed by atoms with Crippen LogP contribution in [0.1, 0.15) is 25.6 Å². The van der Waals surface area contributed by atoms with Gasteiger partial charge in [0.05, 0.1) is 0 Å². The smallest absolute Gasteiger partial charge is 0.133 e. The molecule has 1 N–H and O–H groups in total. The number of likely N-dealkylation sites (tertiary alicyclic amines) is 1. The van der Waals surface area contributed by atoms with Gasteiger partial charge in [0.15, 0.2) is 0 Å². The fourth-order valence-electron chi connectivity index (χ4n) is 2.40. The fraction of sp³-hybridized carbons (Fsp3) is 0.833. The monoisotopic (exact) mass is 237 g/mol. The second-order valence-electron chi connectivity index (χ2n) is 5.11. The molecule has 0 bridgehead atoms. The fourth-order valence-corrected chi connectivity index (χ4v) is 2.40. The van der Waals surface area contributed by atoms with Crippen LogP contribution in [0.5, 0.6) is 0 Å². The van der Waals surface area contributed by atoms with Crippen molar-refractivity contribution in [2.75, 3.05) is 20.1 Å². The quantitative estimate of drug-likeness (QED) is 0.825. The van der Waals surface area contributed by atoms with E-state index < -0.39 is 0 Å². The second-order valence-corrected chi connectivity index (χ2v) is 5.11. The van der Waals surface area contributed by atoms with E-state index in [2.05, 4.69) is 34.4 Å². The lowest BCUT2D eigenvalue weighted by Crippen LogP contribution is -2.46. The van der Waals surface area contributed by atoms with Crippen LogP contribution in [0.3, 0.4) is 0 Å². The number of nitrogens with zero attached hydrogens (tertiary/aromatic N) is 4. The molecule has 96 valence electrons. The molecule has 0 aromatic carbocycles. The summed E-state index contributed by atoms with van der Waals surface area (Å²) in [7, 11) is 4.20. The highest BCUT2D eigenvalue weighted by Gasteiger charge is 2.21. The van der Waals surface area contributed by atoms with Gasteiger partial charge in [0.2, 0.25) is 0 Å². The number of aromatic nitrogens is 3. The summed E-state index contributed by atoms with van der Waals surface area (Å²) in [4.78, 5) is 2.43. The van der Waals surface area contributed by atoms with Gasteiger partial charge >= 0.3 is 0 Å². The van der Waals surface area contributed by atoms with Crippen LogP contribution in [-0.4, -0.2) is 51.9 Å². The van der Waals surface area contributed by atoms with Gasteiger partial charge in [-0.05, 0) is 33.4 Å². The summed E-state index contributed by atoms with van der Waals surface area (Å²) in [6.07, 6.45) is 5.21. The van der Waals surface area contributed by atoms with E-state index in [4.69, 9.17) is 0 Å². The van der Waals surface area contributed by atoms with Gasteiger partial charge in [-0.3, -0.25) is 0 Å². The summed E-state index contributed by atoms with van der Waals surface area (Å²) in [6, 6.07) is 1.35. The van der Waals surface area contributed by atoms with Crippen LogP contribution < -0.4 is 5.32 Å². The Hall–Kier alpha value is -0.940. The molecule has 2 atom stereocenters. The highest BCUT2D eigenvalue weighted by atomic mass is 15.2. The molecule has 5 nitrogen and oxygen atoms in total. The van der Waals surface area contributed by atoms with E-state index in [1.165, 1.54) is 19.4 Å². The average Bonchev–Trinajstić information content (AvgIpc) is 2.70. The summed E-state index contributed by atoms with van der Waals surface area (Å²) in [5.74, 6) is 1.05. The zero-order valence-corrected chi connectivity index (χ0v) is 11.1. The lowest BCUT2D eigenvalue weighted by Gasteiger charge is -2.35. The maximum atomic E-state index is 4.09. The number of hydrogen-bond acceptors (Lipinski definition) is 4. The Balaban J connectivity index is 1.71. The van der Waals surface area contributed by atoms with Gasteiger partial charge in [0, 0.05) is 32.1 Å². The first-order valence-electron chi connectivity index (χ1n) is 6.43. The Bertz CT molecular complexity index is 348. The van der Waals surface area contributed by atoms with Crippen LogP contribution in [0.4, 0.5) is 0 Å². The second kappa shape index (κ2) is 5.60. The molecule has 2 unspecified atom stereocenters. The van der Waals surface area contributed by atoms with Crippen molar-refractivity contribution in [1.29, 1.82) is 0 Å². The van der Waals surface area contributed by atoms with Crippen molar-refractivity contribution in [2.45, 2.75) is 38.3 Å². The molecule has 1 aliphatic rings. The molecular formula is C12H23N5. The first-order chi connectivity index (χ1) is 8.16. The number of aryl methyl sites for hydroxylation is 1. The van der Waals surface area contributed by atoms with Gasteiger partial charge in [-0.25, -0.2) is 0 Å². The maximum Gasteiger partial charge on any atom is 0.133 e. The Morgan fingerprint density at radius 1 is 1.47 bits per heavy atom. The standard InChI is InChI=1S/C12H23N5/c1-10-8-11(5-7-16(10)2)13-6-4-12-15-14-9-17(12)3/h9-11,13H,4-8H2,1-3H3. The van der Waals surface area contributed by atoms with Gasteiger partial charge in [-0.2, -0.15) is 0 Å². The molecule has 5 heteroatoms. The summed E-state index contributed by atoms with van der Waals surface area (Å²) < 4.78 is 1.99. The van der Waals surface area contributed by atoms with Gasteiger partial charge in [0.25, 0.3) is 0 Å². The molecule has 2 rings (SSSR count). The summed E-state index contributed by atoms with van der Waals surface area (Å²) >= 11 is 0. The zero-order chi connectivity index (χ0) is 12.3. The molecule has 0 aliphatic carbocycles. The van der Waals surface area contributed by atoms with Crippen LogP contribution in [0, 0.1) is 0 Å². The largest absolute Gasteiger partial charge is 0.321 e. The molecule has 1 fully saturated rings. The van der Waals surface area contributed by atoms with Crippen molar-refractivity contribution in [1.82, 2.24) is 25.0 Å². The third-order valence-corrected chi connectivity index (χ3v) is 3.80. The van der Waals surface area contributed by atoms with Gasteiger partial charge in [-0.1, -0.05) is 0 Å². The molecule has 17 heavy (non-hydrogen) atoms. The normalized spacial score (nSPS) is 26.3. The minimum Gasteiger partial charge on any atom is -0.321 e. The summed E-state index contributed by atoms with van der Waals surface area (Å²) in [6.45, 7) is 4.49. The SMILES string of the molecule is CC1CC(NCCc2nncn2C)CCN1C. The molecule has 1 aromatic heterocycles. The number of nitrogens with one attached hydrogen (secondary N) is 1. The van der Waals surface area contributed by atoms with E-state index >= 15 is 0 Å². The lowest BCUT2D eigenvalue weighted by molar-refractivity contribution is 0.169. The Labute approximate surface area is 103 Å². The van der Waals surface area contributed by atoms with E-state index in [1.807, 2.05) is 11.6 Å². The van der Waals surface area contributed by atoms with E-state index in [1.54, 1.807) is 6.33 Å². The number of hydrogen-bond donors (Lipinski definition) is 1. The predicted molar refractivity (Wildman–Crippen MR) is 67.8 cm³/mol. The molecule has 1 aliphatic heterocycles. The zero-order valence-electron chi connectivity index (χ0n) is 11.1. The molecule has 0 amide bonds. The van der Waals surface area contributed by atoms with E-state index in [0.29, 0.717) is 12.1 Å². The average molecular weight is 237 g/mol. The molecule has 1 saturated heterocycles. The first kappa shape index (κ1) is 12.5. The van der Waals surface area contributed by atoms with Crippen molar-refractivity contribution < 1.29 is 0 Å². The van der Waals surface area contributed by atoms with Crippen LogP contribution in [0.15, 0.2) is 6.33 Å². The Morgan fingerprint density at radius 2 is 2.29 bits per heavy atom. The van der Waals surface area contributed by atoms with Gasteiger partial charge in [-0.15, -0.1) is 10.2 Å². The maximum absolute atomic E-state index is 4.09. The Morgan fingerprint density at radius 3 is 2.94 bits per heavy atom. The van der Waals surface area contributed by atoms with Crippen molar-refractivity contribution in [3.8, 4) is 0 Å². The lowest BCUT2D eigenvalue weighted by atomic mass is 9.99. The van der Waals surface area contributed by atoms with Gasteiger partial charge < -0.3 is 14.8 Å². The topological polar surface area (TPSA) is 46.0 Å². The van der Waals surface area contributed by atoms with Crippen LogP contribution in [0.2, 0.25) is 0 Å². The first-order valence-corrected chi connectivity index (χ1v) is 6.43. The van der Waals surface area contributed by atoms with Crippen LogP contribution >= 0.6 is 0 Å². The summed E-state index contributed by atoms with van der Waals surface area (Å²) in [5, 5.41) is 11.6. The molecular weight excluding hydrogens is 214 g/mol. The van der Waals surface area contributed by atoms with Crippen molar-refractivity contribution in [3.05, 3.63) is 12.2 Å². The minimum absolute atomic E-state index is 0.662. The van der Waals surface area contributed by atoms with E-state index in [9.17, 15) is 0 Å². The highest BCUT2D eigenvalue weighted by molar-refractivity contribution is 4.87. The van der Waals surface area contributed by atoms with Crippen LogP contribution in [-0.2, 0) is 13.5 Å². The molecule has 2 heterocycles. The number of piperidine rings is 1. The number of rotatable bonds is 4. The summed E-state index contributed by atoms with van der Waals surface area (Å²) in [5.41, 5.74) is 0. The van der Waals surface area contributed by atoms with E-state index in [-0.39, 0.29) is 0 Å².